The van der Waals surface area contributed by atoms with E-state index in [4.69, 9.17) is 5.26 Å². The Morgan fingerprint density at radius 1 is 0.914 bits per heavy atom. The molecular formula is C22H13F6N7. The average molecular weight is 489 g/mol. The second-order valence-corrected chi connectivity index (χ2v) is 7.34. The van der Waals surface area contributed by atoms with E-state index in [0.717, 1.165) is 6.33 Å². The minimum Gasteiger partial charge on any atom is -0.361 e. The number of nitrogens with zero attached hydrogens (tertiary/aromatic N) is 6. The lowest BCUT2D eigenvalue weighted by Crippen LogP contribution is -2.15. The van der Waals surface area contributed by atoms with Crippen molar-refractivity contribution < 1.29 is 26.3 Å². The van der Waals surface area contributed by atoms with Crippen molar-refractivity contribution in [2.24, 2.45) is 0 Å². The fourth-order valence-electron chi connectivity index (χ4n) is 3.40. The molecule has 4 aromatic rings. The topological polar surface area (TPSA) is 100 Å². The van der Waals surface area contributed by atoms with E-state index >= 15 is 0 Å². The van der Waals surface area contributed by atoms with Gasteiger partial charge in [0.2, 0.25) is 0 Å². The SMILES string of the molecule is CC(Nc1ncnc2c(C(F)(F)F)cc(C(F)(F)F)cc12)c1nccnc1-c1ccc(C#N)cn1. The first-order chi connectivity index (χ1) is 16.5. The summed E-state index contributed by atoms with van der Waals surface area (Å²) in [6.07, 6.45) is -5.15. The van der Waals surface area contributed by atoms with Gasteiger partial charge in [-0.15, -0.1) is 0 Å². The van der Waals surface area contributed by atoms with Gasteiger partial charge in [0.05, 0.1) is 39.6 Å². The predicted molar refractivity (Wildman–Crippen MR) is 112 cm³/mol. The van der Waals surface area contributed by atoms with E-state index in [1.807, 2.05) is 6.07 Å². The Balaban J connectivity index is 1.80. The van der Waals surface area contributed by atoms with Gasteiger partial charge in [-0.1, -0.05) is 0 Å². The lowest BCUT2D eigenvalue weighted by Gasteiger charge is -2.19. The number of hydrogen-bond acceptors (Lipinski definition) is 7. The molecule has 0 aliphatic heterocycles. The molecule has 1 aromatic carbocycles. The van der Waals surface area contributed by atoms with Gasteiger partial charge in [0.25, 0.3) is 0 Å². The van der Waals surface area contributed by atoms with Gasteiger partial charge in [0, 0.05) is 24.0 Å². The third-order valence-electron chi connectivity index (χ3n) is 5.00. The lowest BCUT2D eigenvalue weighted by molar-refractivity contribution is -0.142. The van der Waals surface area contributed by atoms with E-state index in [1.54, 1.807) is 13.0 Å². The maximum Gasteiger partial charge on any atom is 0.418 e. The summed E-state index contributed by atoms with van der Waals surface area (Å²) in [4.78, 5) is 20.1. The van der Waals surface area contributed by atoms with Crippen molar-refractivity contribution in [3.8, 4) is 17.5 Å². The molecule has 0 bridgehead atoms. The predicted octanol–water partition coefficient (Wildman–Crippen LogP) is 5.56. The van der Waals surface area contributed by atoms with E-state index in [2.05, 4.69) is 30.2 Å². The van der Waals surface area contributed by atoms with Gasteiger partial charge >= 0.3 is 12.4 Å². The maximum absolute atomic E-state index is 13.5. The molecule has 3 aromatic heterocycles. The second-order valence-electron chi connectivity index (χ2n) is 7.34. The van der Waals surface area contributed by atoms with E-state index in [9.17, 15) is 26.3 Å². The third-order valence-corrected chi connectivity index (χ3v) is 5.00. The average Bonchev–Trinajstić information content (AvgIpc) is 2.82. The summed E-state index contributed by atoms with van der Waals surface area (Å²) >= 11 is 0. The smallest absolute Gasteiger partial charge is 0.361 e. The number of nitriles is 1. The van der Waals surface area contributed by atoms with Crippen molar-refractivity contribution in [3.63, 3.8) is 0 Å². The van der Waals surface area contributed by atoms with Gasteiger partial charge in [-0.2, -0.15) is 31.6 Å². The van der Waals surface area contributed by atoms with Gasteiger partial charge < -0.3 is 5.32 Å². The molecule has 3 heterocycles. The minimum atomic E-state index is -5.07. The number of alkyl halides is 6. The zero-order valence-electron chi connectivity index (χ0n) is 17.6. The number of benzene rings is 1. The van der Waals surface area contributed by atoms with E-state index < -0.39 is 40.4 Å². The summed E-state index contributed by atoms with van der Waals surface area (Å²) in [6, 6.07) is 4.84. The summed E-state index contributed by atoms with van der Waals surface area (Å²) in [7, 11) is 0. The van der Waals surface area contributed by atoms with Crippen LogP contribution in [0.5, 0.6) is 0 Å². The highest BCUT2D eigenvalue weighted by Crippen LogP contribution is 2.41. The molecule has 4 rings (SSSR count). The van der Waals surface area contributed by atoms with Crippen LogP contribution in [0.15, 0.2) is 49.2 Å². The zero-order chi connectivity index (χ0) is 25.4. The molecule has 178 valence electrons. The molecule has 35 heavy (non-hydrogen) atoms. The highest BCUT2D eigenvalue weighted by atomic mass is 19.4. The third kappa shape index (κ3) is 4.81. The highest BCUT2D eigenvalue weighted by Gasteiger charge is 2.39. The van der Waals surface area contributed by atoms with Crippen LogP contribution in [0.3, 0.4) is 0 Å². The molecule has 1 atom stereocenters. The fraction of sp³-hybridized carbons (Fsp3) is 0.182. The molecule has 1 unspecified atom stereocenters. The molecule has 0 fully saturated rings. The molecule has 0 saturated carbocycles. The standard InChI is InChI=1S/C22H13F6N7/c1-11(17-19(31-5-4-30-17)16-3-2-12(8-29)9-32-16)35-20-14-6-13(21(23,24)25)7-15(22(26,27)28)18(14)33-10-34-20/h2-7,9-11H,1H3,(H,33,34,35). The van der Waals surface area contributed by atoms with Crippen molar-refractivity contribution in [1.29, 1.82) is 5.26 Å². The Morgan fingerprint density at radius 2 is 1.66 bits per heavy atom. The van der Waals surface area contributed by atoms with Gasteiger partial charge in [-0.05, 0) is 31.2 Å². The number of anilines is 1. The van der Waals surface area contributed by atoms with Gasteiger partial charge in [0.1, 0.15) is 23.9 Å². The summed E-state index contributed by atoms with van der Waals surface area (Å²) in [6.45, 7) is 1.59. The molecule has 0 amide bonds. The Morgan fingerprint density at radius 3 is 2.29 bits per heavy atom. The van der Waals surface area contributed by atoms with Crippen LogP contribution in [0.25, 0.3) is 22.3 Å². The van der Waals surface area contributed by atoms with Crippen LogP contribution in [0.2, 0.25) is 0 Å². The second kappa shape index (κ2) is 8.79. The summed E-state index contributed by atoms with van der Waals surface area (Å²) in [5, 5.41) is 11.3. The number of rotatable bonds is 4. The quantitative estimate of drug-likeness (QED) is 0.375. The van der Waals surface area contributed by atoms with Crippen molar-refractivity contribution >= 4 is 16.7 Å². The molecule has 0 spiro atoms. The van der Waals surface area contributed by atoms with Crippen LogP contribution in [-0.2, 0) is 12.4 Å². The van der Waals surface area contributed by atoms with Gasteiger partial charge in [-0.3, -0.25) is 15.0 Å². The molecule has 0 saturated heterocycles. The first kappa shape index (κ1) is 23.8. The molecule has 0 aliphatic carbocycles. The molecule has 13 heteroatoms. The van der Waals surface area contributed by atoms with Crippen LogP contribution >= 0.6 is 0 Å². The normalized spacial score (nSPS) is 12.9. The number of pyridine rings is 1. The molecule has 7 nitrogen and oxygen atoms in total. The van der Waals surface area contributed by atoms with Gasteiger partial charge in [0.15, 0.2) is 0 Å². The van der Waals surface area contributed by atoms with Crippen molar-refractivity contribution in [3.05, 3.63) is 71.6 Å². The number of halogens is 6. The first-order valence-corrected chi connectivity index (χ1v) is 9.86. The van der Waals surface area contributed by atoms with E-state index in [1.165, 1.54) is 24.7 Å². The summed E-state index contributed by atoms with van der Waals surface area (Å²) < 4.78 is 80.7. The largest absolute Gasteiger partial charge is 0.418 e. The zero-order valence-corrected chi connectivity index (χ0v) is 17.6. The number of hydrogen-bond donors (Lipinski definition) is 1. The number of nitrogens with one attached hydrogen (secondary N) is 1. The Hall–Kier alpha value is -4.34. The lowest BCUT2D eigenvalue weighted by atomic mass is 10.0. The summed E-state index contributed by atoms with van der Waals surface area (Å²) in [5.74, 6) is -0.247. The molecule has 0 radical (unpaired) electrons. The van der Waals surface area contributed by atoms with Crippen molar-refractivity contribution in [2.45, 2.75) is 25.3 Å². The van der Waals surface area contributed by atoms with Crippen LogP contribution in [-0.4, -0.2) is 24.9 Å². The van der Waals surface area contributed by atoms with E-state index in [0.29, 0.717) is 28.7 Å². The Bertz CT molecular complexity index is 1430. The Kier molecular flexibility index (Phi) is 5.98. The summed E-state index contributed by atoms with van der Waals surface area (Å²) in [5.41, 5.74) is -2.39. The van der Waals surface area contributed by atoms with Crippen LogP contribution in [0.1, 0.15) is 35.3 Å². The Labute approximate surface area is 193 Å². The maximum atomic E-state index is 13.5. The molecular weight excluding hydrogens is 476 g/mol. The highest BCUT2D eigenvalue weighted by molar-refractivity contribution is 5.92. The van der Waals surface area contributed by atoms with E-state index in [-0.39, 0.29) is 11.9 Å². The fourth-order valence-corrected chi connectivity index (χ4v) is 3.40. The van der Waals surface area contributed by atoms with Crippen LogP contribution < -0.4 is 5.32 Å². The van der Waals surface area contributed by atoms with Crippen LogP contribution in [0.4, 0.5) is 32.2 Å². The van der Waals surface area contributed by atoms with Crippen molar-refractivity contribution in [1.82, 2.24) is 24.9 Å². The first-order valence-electron chi connectivity index (χ1n) is 9.86. The molecule has 0 aliphatic rings. The van der Waals surface area contributed by atoms with Crippen molar-refractivity contribution in [2.75, 3.05) is 5.32 Å². The molecule has 1 N–H and O–H groups in total. The van der Waals surface area contributed by atoms with Crippen LogP contribution in [0, 0.1) is 11.3 Å². The number of aromatic nitrogens is 5. The van der Waals surface area contributed by atoms with Gasteiger partial charge in [-0.25, -0.2) is 9.97 Å². The number of fused-ring (bicyclic) bond motifs is 1. The minimum absolute atomic E-state index is 0.0277. The monoisotopic (exact) mass is 489 g/mol.